The Balaban J connectivity index is 2.14. The third-order valence-electron chi connectivity index (χ3n) is 3.49. The monoisotopic (exact) mass is 347 g/mol. The van der Waals surface area contributed by atoms with Crippen molar-refractivity contribution in [3.05, 3.63) is 51.5 Å². The molecule has 0 bridgehead atoms. The second-order valence-electron chi connectivity index (χ2n) is 5.08. The molecule has 0 amide bonds. The van der Waals surface area contributed by atoms with E-state index in [1.54, 1.807) is 29.8 Å². The zero-order chi connectivity index (χ0) is 15.2. The van der Waals surface area contributed by atoms with Crippen molar-refractivity contribution in [1.29, 1.82) is 5.26 Å². The van der Waals surface area contributed by atoms with Gasteiger partial charge in [0.05, 0.1) is 6.54 Å². The number of nitriles is 1. The molecule has 0 aliphatic carbocycles. The van der Waals surface area contributed by atoms with Gasteiger partial charge >= 0.3 is 0 Å². The molecule has 0 saturated heterocycles. The lowest BCUT2D eigenvalue weighted by Gasteiger charge is -2.31. The highest BCUT2D eigenvalue weighted by Crippen LogP contribution is 2.34. The van der Waals surface area contributed by atoms with E-state index in [0.717, 1.165) is 4.47 Å². The molecule has 5 nitrogen and oxygen atoms in total. The lowest BCUT2D eigenvalue weighted by Crippen LogP contribution is -2.37. The molecule has 1 aromatic heterocycles. The summed E-state index contributed by atoms with van der Waals surface area (Å²) in [5.74, 6) is -0.106. The molecule has 1 aliphatic heterocycles. The van der Waals surface area contributed by atoms with Crippen LogP contribution in [0.2, 0.25) is 0 Å². The van der Waals surface area contributed by atoms with E-state index in [9.17, 15) is 4.39 Å². The number of nitrogens with zero attached hydrogens (tertiary/aromatic N) is 4. The molecule has 1 atom stereocenters. The van der Waals surface area contributed by atoms with Gasteiger partial charge in [-0.2, -0.15) is 10.4 Å². The zero-order valence-corrected chi connectivity index (χ0v) is 12.7. The molecule has 0 saturated carbocycles. The van der Waals surface area contributed by atoms with Crippen molar-refractivity contribution in [3.8, 4) is 6.07 Å². The van der Waals surface area contributed by atoms with Crippen LogP contribution in [0.4, 0.5) is 4.39 Å². The summed E-state index contributed by atoms with van der Waals surface area (Å²) in [6, 6.07) is 8.25. The van der Waals surface area contributed by atoms with Gasteiger partial charge in [-0.1, -0.05) is 15.9 Å². The smallest absolute Gasteiger partial charge is 0.163 e. The highest BCUT2D eigenvalue weighted by molar-refractivity contribution is 9.10. The van der Waals surface area contributed by atoms with Crippen LogP contribution in [0, 0.1) is 17.1 Å². The second kappa shape index (κ2) is 4.67. The largest absolute Gasteiger partial charge is 0.382 e. The minimum atomic E-state index is -0.871. The predicted octanol–water partition coefficient (Wildman–Crippen LogP) is 2.29. The minimum absolute atomic E-state index is 0.247. The van der Waals surface area contributed by atoms with Gasteiger partial charge in [-0.05, 0) is 25.1 Å². The van der Waals surface area contributed by atoms with Crippen LogP contribution >= 0.6 is 15.9 Å². The summed E-state index contributed by atoms with van der Waals surface area (Å²) in [4.78, 5) is 4.44. The van der Waals surface area contributed by atoms with Crippen LogP contribution in [0.25, 0.3) is 0 Å². The van der Waals surface area contributed by atoms with Gasteiger partial charge in [-0.25, -0.2) is 4.39 Å². The Bertz CT molecular complexity index is 804. The van der Waals surface area contributed by atoms with Crippen molar-refractivity contribution in [3.63, 3.8) is 0 Å². The van der Waals surface area contributed by atoms with E-state index in [2.05, 4.69) is 26.0 Å². The van der Waals surface area contributed by atoms with E-state index in [1.807, 2.05) is 6.07 Å². The summed E-state index contributed by atoms with van der Waals surface area (Å²) in [6.07, 6.45) is 0. The zero-order valence-electron chi connectivity index (χ0n) is 11.1. The van der Waals surface area contributed by atoms with E-state index in [0.29, 0.717) is 17.8 Å². The quantitative estimate of drug-likeness (QED) is 0.859. The van der Waals surface area contributed by atoms with Crippen LogP contribution in [0.3, 0.4) is 0 Å². The molecule has 2 aromatic rings. The first kappa shape index (κ1) is 13.8. The van der Waals surface area contributed by atoms with Gasteiger partial charge in [0.2, 0.25) is 0 Å². The minimum Gasteiger partial charge on any atom is -0.382 e. The molecule has 7 heteroatoms. The molecular weight excluding hydrogens is 337 g/mol. The Kier molecular flexibility index (Phi) is 3.06. The number of fused-ring (bicyclic) bond motifs is 1. The summed E-state index contributed by atoms with van der Waals surface area (Å²) in [5, 5.41) is 13.1. The summed E-state index contributed by atoms with van der Waals surface area (Å²) >= 11 is 3.34. The summed E-state index contributed by atoms with van der Waals surface area (Å²) < 4.78 is 16.5. The van der Waals surface area contributed by atoms with E-state index in [4.69, 9.17) is 11.0 Å². The lowest BCUT2D eigenvalue weighted by atomic mass is 9.91. The van der Waals surface area contributed by atoms with Crippen LogP contribution < -0.4 is 5.73 Å². The third-order valence-corrected chi connectivity index (χ3v) is 3.98. The van der Waals surface area contributed by atoms with Gasteiger partial charge in [0.15, 0.2) is 5.69 Å². The first-order valence-electron chi connectivity index (χ1n) is 6.22. The Morgan fingerprint density at radius 2 is 2.24 bits per heavy atom. The number of aromatic nitrogens is 2. The number of rotatable bonds is 1. The standard InChI is InChI=1S/C14H11BrFN5/c1-14(10-4-8(15)2-3-11(10)16)7-21-12(13(18)19-14)5-9(6-17)20-21/h2-5H,7H2,1H3,(H2,18,19)/t14-/m0/s1. The maximum atomic E-state index is 14.2. The Labute approximate surface area is 129 Å². The molecule has 0 spiro atoms. The second-order valence-corrected chi connectivity index (χ2v) is 6.00. The highest BCUT2D eigenvalue weighted by atomic mass is 79.9. The summed E-state index contributed by atoms with van der Waals surface area (Å²) in [7, 11) is 0. The molecule has 0 unspecified atom stereocenters. The van der Waals surface area contributed by atoms with Crippen molar-refractivity contribution in [2.45, 2.75) is 19.0 Å². The van der Waals surface area contributed by atoms with Crippen molar-refractivity contribution in [2.75, 3.05) is 0 Å². The molecular formula is C14H11BrFN5. The van der Waals surface area contributed by atoms with Crippen molar-refractivity contribution < 1.29 is 4.39 Å². The average Bonchev–Trinajstić information content (AvgIpc) is 2.84. The molecule has 3 rings (SSSR count). The normalized spacial score (nSPS) is 20.6. The van der Waals surface area contributed by atoms with Crippen molar-refractivity contribution in [1.82, 2.24) is 9.78 Å². The van der Waals surface area contributed by atoms with Crippen molar-refractivity contribution in [2.24, 2.45) is 10.7 Å². The van der Waals surface area contributed by atoms with Gasteiger partial charge in [-0.3, -0.25) is 9.67 Å². The number of nitrogens with two attached hydrogens (primary N) is 1. The molecule has 0 fully saturated rings. The maximum Gasteiger partial charge on any atom is 0.163 e. The lowest BCUT2D eigenvalue weighted by molar-refractivity contribution is 0.363. The fraction of sp³-hybridized carbons (Fsp3) is 0.214. The summed E-state index contributed by atoms with van der Waals surface area (Å²) in [5.41, 5.74) is 6.37. The van der Waals surface area contributed by atoms with Crippen LogP contribution in [-0.2, 0) is 12.1 Å². The number of benzene rings is 1. The fourth-order valence-electron chi connectivity index (χ4n) is 2.50. The van der Waals surface area contributed by atoms with Gasteiger partial charge in [-0.15, -0.1) is 0 Å². The highest BCUT2D eigenvalue weighted by Gasteiger charge is 2.35. The van der Waals surface area contributed by atoms with Gasteiger partial charge in [0.25, 0.3) is 0 Å². The Morgan fingerprint density at radius 1 is 1.48 bits per heavy atom. The summed E-state index contributed by atoms with van der Waals surface area (Å²) in [6.45, 7) is 2.11. The van der Waals surface area contributed by atoms with Gasteiger partial charge in [0.1, 0.15) is 29.0 Å². The Morgan fingerprint density at radius 3 is 2.95 bits per heavy atom. The van der Waals surface area contributed by atoms with Crippen LogP contribution in [0.1, 0.15) is 23.9 Å². The average molecular weight is 348 g/mol. The van der Waals surface area contributed by atoms with Crippen LogP contribution in [-0.4, -0.2) is 15.6 Å². The molecule has 2 heterocycles. The third kappa shape index (κ3) is 2.21. The van der Waals surface area contributed by atoms with Crippen molar-refractivity contribution >= 4 is 21.8 Å². The van der Waals surface area contributed by atoms with Crippen LogP contribution in [0.15, 0.2) is 33.7 Å². The van der Waals surface area contributed by atoms with E-state index in [-0.39, 0.29) is 17.3 Å². The number of halogens is 2. The number of hydrogen-bond donors (Lipinski definition) is 1. The van der Waals surface area contributed by atoms with Gasteiger partial charge < -0.3 is 5.73 Å². The predicted molar refractivity (Wildman–Crippen MR) is 79.1 cm³/mol. The molecule has 1 aromatic carbocycles. The van der Waals surface area contributed by atoms with E-state index >= 15 is 0 Å². The van der Waals surface area contributed by atoms with E-state index < -0.39 is 5.54 Å². The maximum absolute atomic E-state index is 14.2. The Hall–Kier alpha value is -2.20. The molecule has 106 valence electrons. The first-order valence-corrected chi connectivity index (χ1v) is 7.01. The number of aliphatic imine (C=N–C) groups is 1. The number of amidine groups is 1. The van der Waals surface area contributed by atoms with E-state index in [1.165, 1.54) is 6.07 Å². The van der Waals surface area contributed by atoms with Gasteiger partial charge in [0, 0.05) is 16.1 Å². The van der Waals surface area contributed by atoms with Crippen LogP contribution in [0.5, 0.6) is 0 Å². The molecule has 21 heavy (non-hydrogen) atoms. The molecule has 2 N–H and O–H groups in total. The SMILES string of the molecule is C[C@@]1(c2cc(Br)ccc2F)Cn2nc(C#N)cc2C(N)=N1. The fourth-order valence-corrected chi connectivity index (χ4v) is 2.86. The number of hydrogen-bond acceptors (Lipinski definition) is 4. The first-order chi connectivity index (χ1) is 9.93. The molecule has 1 aliphatic rings. The molecule has 0 radical (unpaired) electrons. The topological polar surface area (TPSA) is 80.0 Å².